The van der Waals surface area contributed by atoms with Crippen LogP contribution in [0.25, 0.3) is 11.5 Å². The predicted molar refractivity (Wildman–Crippen MR) is 140 cm³/mol. The smallest absolute Gasteiger partial charge is 0.309 e. The third-order valence-electron chi connectivity index (χ3n) is 7.10. The van der Waals surface area contributed by atoms with E-state index in [0.29, 0.717) is 18.9 Å². The lowest BCUT2D eigenvalue weighted by atomic mass is 9.86. The Kier molecular flexibility index (Phi) is 9.31. The highest BCUT2D eigenvalue weighted by atomic mass is 16.5. The highest BCUT2D eigenvalue weighted by molar-refractivity contribution is 5.92. The lowest BCUT2D eigenvalue weighted by molar-refractivity contribution is -0.139. The van der Waals surface area contributed by atoms with Crippen molar-refractivity contribution in [3.63, 3.8) is 0 Å². The molecule has 0 radical (unpaired) electrons. The molecule has 4 rings (SSSR count). The molecule has 1 fully saturated rings. The van der Waals surface area contributed by atoms with Crippen LogP contribution in [0.2, 0.25) is 0 Å². The minimum absolute atomic E-state index is 0.205. The Morgan fingerprint density at radius 1 is 0.972 bits per heavy atom. The average molecular weight is 489 g/mol. The molecule has 36 heavy (non-hydrogen) atoms. The summed E-state index contributed by atoms with van der Waals surface area (Å²) in [6, 6.07) is 15.7. The van der Waals surface area contributed by atoms with Crippen molar-refractivity contribution >= 4 is 11.9 Å². The van der Waals surface area contributed by atoms with Gasteiger partial charge in [0.05, 0.1) is 13.5 Å². The first-order valence-electron chi connectivity index (χ1n) is 13.1. The van der Waals surface area contributed by atoms with Crippen molar-refractivity contribution < 1.29 is 18.7 Å². The van der Waals surface area contributed by atoms with E-state index in [0.717, 1.165) is 41.0 Å². The maximum Gasteiger partial charge on any atom is 0.309 e. The van der Waals surface area contributed by atoms with Gasteiger partial charge in [0.15, 0.2) is 5.69 Å². The molecule has 3 aromatic rings. The molecule has 2 aromatic carbocycles. The molecule has 6 heteroatoms. The van der Waals surface area contributed by atoms with Gasteiger partial charge in [-0.25, -0.2) is 4.98 Å². The Morgan fingerprint density at radius 2 is 1.69 bits per heavy atom. The van der Waals surface area contributed by atoms with Gasteiger partial charge in [-0.1, -0.05) is 87.4 Å². The number of nitrogens with zero attached hydrogens (tertiary/aromatic N) is 1. The van der Waals surface area contributed by atoms with Gasteiger partial charge in [-0.3, -0.25) is 9.59 Å². The van der Waals surface area contributed by atoms with E-state index in [9.17, 15) is 9.59 Å². The number of rotatable bonds is 11. The van der Waals surface area contributed by atoms with Gasteiger partial charge >= 0.3 is 5.97 Å². The molecule has 0 saturated heterocycles. The Morgan fingerprint density at radius 3 is 2.47 bits per heavy atom. The summed E-state index contributed by atoms with van der Waals surface area (Å²) in [4.78, 5) is 29.0. The number of carbonyl (C=O) groups is 2. The number of unbranched alkanes of at least 4 members (excludes halogenated alkanes) is 1. The molecule has 0 spiro atoms. The molecule has 0 unspecified atom stereocenters. The van der Waals surface area contributed by atoms with Gasteiger partial charge in [-0.2, -0.15) is 0 Å². The summed E-state index contributed by atoms with van der Waals surface area (Å²) in [7, 11) is 1.40. The van der Waals surface area contributed by atoms with Crippen LogP contribution >= 0.6 is 0 Å². The Labute approximate surface area is 213 Å². The number of hydrogen-bond acceptors (Lipinski definition) is 5. The fraction of sp³-hybridized carbons (Fsp3) is 0.433. The number of oxazole rings is 1. The van der Waals surface area contributed by atoms with E-state index >= 15 is 0 Å². The Balaban J connectivity index is 1.36. The second-order valence-corrected chi connectivity index (χ2v) is 9.65. The summed E-state index contributed by atoms with van der Waals surface area (Å²) in [5, 5.41) is 2.98. The first-order valence-corrected chi connectivity index (χ1v) is 13.1. The summed E-state index contributed by atoms with van der Waals surface area (Å²) < 4.78 is 10.6. The normalized spacial score (nSPS) is 13.9. The zero-order valence-corrected chi connectivity index (χ0v) is 21.1. The van der Waals surface area contributed by atoms with Crippen molar-refractivity contribution in [1.29, 1.82) is 0 Å². The van der Waals surface area contributed by atoms with Crippen molar-refractivity contribution in [2.45, 2.75) is 64.2 Å². The molecular formula is C30H36N2O4. The van der Waals surface area contributed by atoms with Crippen LogP contribution in [-0.2, 0) is 22.4 Å². The number of esters is 1. The molecule has 0 aliphatic heterocycles. The fourth-order valence-electron chi connectivity index (χ4n) is 5.05. The lowest BCUT2D eigenvalue weighted by Crippen LogP contribution is -2.24. The number of ether oxygens (including phenoxy) is 1. The van der Waals surface area contributed by atoms with Crippen LogP contribution in [0.3, 0.4) is 0 Å². The maximum atomic E-state index is 12.6. The van der Waals surface area contributed by atoms with Crippen molar-refractivity contribution in [2.24, 2.45) is 5.92 Å². The van der Waals surface area contributed by atoms with Gasteiger partial charge in [0.1, 0.15) is 6.26 Å². The minimum atomic E-state index is -0.270. The number of carbonyl (C=O) groups excluding carboxylic acids is 2. The van der Waals surface area contributed by atoms with E-state index in [1.165, 1.54) is 51.9 Å². The second-order valence-electron chi connectivity index (χ2n) is 9.65. The van der Waals surface area contributed by atoms with Crippen molar-refractivity contribution in [3.05, 3.63) is 77.2 Å². The number of aromatic nitrogens is 1. The van der Waals surface area contributed by atoms with Crippen LogP contribution in [0.15, 0.2) is 59.2 Å². The number of amides is 1. The molecular weight excluding hydrogens is 452 g/mol. The summed E-state index contributed by atoms with van der Waals surface area (Å²) >= 11 is 0. The van der Waals surface area contributed by atoms with Gasteiger partial charge in [0, 0.05) is 12.1 Å². The SMILES string of the molecule is COC(=O)Cc1ccccc1Cc1ccccc1-c1nc(C(=O)NCCCCC2CCCCC2)co1. The standard InChI is InChI=1S/C30H36N2O4/c1-35-28(33)20-24-15-6-5-14-23(24)19-25-16-7-8-17-26(25)30-32-27(21-36-30)29(34)31-18-10-9-13-22-11-3-2-4-12-22/h5-8,14-17,21-22H,2-4,9-13,18-20H2,1H3,(H,31,34). The first kappa shape index (κ1) is 25.7. The Hall–Kier alpha value is -3.41. The maximum absolute atomic E-state index is 12.6. The van der Waals surface area contributed by atoms with E-state index in [2.05, 4.69) is 10.3 Å². The topological polar surface area (TPSA) is 81.4 Å². The van der Waals surface area contributed by atoms with E-state index in [1.54, 1.807) is 0 Å². The third-order valence-corrected chi connectivity index (χ3v) is 7.10. The fourth-order valence-corrected chi connectivity index (χ4v) is 5.05. The van der Waals surface area contributed by atoms with Crippen LogP contribution in [0.1, 0.15) is 78.5 Å². The molecule has 0 atom stereocenters. The summed E-state index contributed by atoms with van der Waals surface area (Å²) in [6.07, 6.45) is 12.5. The molecule has 1 aliphatic carbocycles. The Bertz CT molecular complexity index is 1150. The van der Waals surface area contributed by atoms with Gasteiger partial charge < -0.3 is 14.5 Å². The van der Waals surface area contributed by atoms with Gasteiger partial charge in [-0.05, 0) is 41.5 Å². The minimum Gasteiger partial charge on any atom is -0.469 e. The highest BCUT2D eigenvalue weighted by Crippen LogP contribution is 2.28. The summed E-state index contributed by atoms with van der Waals surface area (Å²) in [5.41, 5.74) is 4.09. The number of hydrogen-bond donors (Lipinski definition) is 1. The molecule has 6 nitrogen and oxygen atoms in total. The van der Waals surface area contributed by atoms with E-state index in [1.807, 2.05) is 48.5 Å². The van der Waals surface area contributed by atoms with Crippen molar-refractivity contribution in [2.75, 3.05) is 13.7 Å². The number of methoxy groups -OCH3 is 1. The van der Waals surface area contributed by atoms with Gasteiger partial charge in [0.25, 0.3) is 5.91 Å². The molecule has 1 amide bonds. The van der Waals surface area contributed by atoms with E-state index in [4.69, 9.17) is 9.15 Å². The van der Waals surface area contributed by atoms with Gasteiger partial charge in [0.2, 0.25) is 5.89 Å². The number of nitrogens with one attached hydrogen (secondary N) is 1. The molecule has 1 saturated carbocycles. The van der Waals surface area contributed by atoms with Crippen molar-refractivity contribution in [3.8, 4) is 11.5 Å². The first-order chi connectivity index (χ1) is 17.6. The van der Waals surface area contributed by atoms with E-state index < -0.39 is 0 Å². The predicted octanol–water partition coefficient (Wildman–Crippen LogP) is 6.13. The van der Waals surface area contributed by atoms with E-state index in [-0.39, 0.29) is 24.0 Å². The quantitative estimate of drug-likeness (QED) is 0.259. The second kappa shape index (κ2) is 13.1. The summed E-state index contributed by atoms with van der Waals surface area (Å²) in [5.74, 6) is 0.815. The summed E-state index contributed by atoms with van der Waals surface area (Å²) in [6.45, 7) is 0.654. The number of benzene rings is 2. The lowest BCUT2D eigenvalue weighted by Gasteiger charge is -2.21. The molecule has 0 bridgehead atoms. The monoisotopic (exact) mass is 488 g/mol. The van der Waals surface area contributed by atoms with Crippen LogP contribution < -0.4 is 5.32 Å². The molecule has 190 valence electrons. The zero-order valence-electron chi connectivity index (χ0n) is 21.1. The molecule has 1 aliphatic rings. The van der Waals surface area contributed by atoms with Crippen LogP contribution in [0.5, 0.6) is 0 Å². The molecule has 1 aromatic heterocycles. The van der Waals surface area contributed by atoms with Gasteiger partial charge in [-0.15, -0.1) is 0 Å². The van der Waals surface area contributed by atoms with Crippen LogP contribution in [-0.4, -0.2) is 30.5 Å². The van der Waals surface area contributed by atoms with Crippen LogP contribution in [0.4, 0.5) is 0 Å². The van der Waals surface area contributed by atoms with Crippen molar-refractivity contribution in [1.82, 2.24) is 10.3 Å². The molecule has 1 N–H and O–H groups in total. The average Bonchev–Trinajstić information content (AvgIpc) is 3.41. The highest BCUT2D eigenvalue weighted by Gasteiger charge is 2.17. The zero-order chi connectivity index (χ0) is 25.2. The third kappa shape index (κ3) is 7.06. The molecule has 1 heterocycles. The van der Waals surface area contributed by atoms with Crippen LogP contribution in [0, 0.1) is 5.92 Å². The largest absolute Gasteiger partial charge is 0.469 e.